The maximum absolute atomic E-state index is 13.7. The Balaban J connectivity index is 2.14. The average molecular weight is 298 g/mol. The number of hydrogen-bond acceptors (Lipinski definition) is 3. The number of thiazole rings is 1. The van der Waals surface area contributed by atoms with Crippen molar-refractivity contribution in [1.82, 2.24) is 4.98 Å². The number of benzene rings is 2. The molecule has 0 saturated heterocycles. The quantitative estimate of drug-likeness (QED) is 0.646. The Bertz CT molecular complexity index is 837. The van der Waals surface area contributed by atoms with Gasteiger partial charge in [0.1, 0.15) is 22.7 Å². The summed E-state index contributed by atoms with van der Waals surface area (Å²) >= 11 is 1.31. The standard InChI is InChI=1S/C16H8F2N2S/c17-12-4-3-5-13(18)11(12)8-10(9-19)16-20-14-6-1-2-7-15(14)21-16/h1-8H. The molecule has 0 amide bonds. The second-order valence-corrected chi connectivity index (χ2v) is 5.32. The van der Waals surface area contributed by atoms with E-state index in [4.69, 9.17) is 0 Å². The number of fused-ring (bicyclic) bond motifs is 1. The van der Waals surface area contributed by atoms with E-state index in [1.807, 2.05) is 30.3 Å². The topological polar surface area (TPSA) is 36.7 Å². The fraction of sp³-hybridized carbons (Fsp3) is 0. The van der Waals surface area contributed by atoms with Crippen LogP contribution in [0.2, 0.25) is 0 Å². The molecule has 102 valence electrons. The maximum Gasteiger partial charge on any atom is 0.135 e. The minimum atomic E-state index is -0.705. The van der Waals surface area contributed by atoms with Crippen LogP contribution in [0.4, 0.5) is 8.78 Å². The molecule has 0 spiro atoms. The summed E-state index contributed by atoms with van der Waals surface area (Å²) in [4.78, 5) is 4.32. The van der Waals surface area contributed by atoms with Crippen molar-refractivity contribution in [2.75, 3.05) is 0 Å². The summed E-state index contributed by atoms with van der Waals surface area (Å²) in [6.07, 6.45) is 1.20. The van der Waals surface area contributed by atoms with E-state index in [1.165, 1.54) is 23.5 Å². The molecule has 0 radical (unpaired) electrons. The molecular formula is C16H8F2N2S. The lowest BCUT2D eigenvalue weighted by atomic mass is 10.1. The highest BCUT2D eigenvalue weighted by molar-refractivity contribution is 7.19. The van der Waals surface area contributed by atoms with Crippen molar-refractivity contribution in [3.05, 3.63) is 64.7 Å². The van der Waals surface area contributed by atoms with Crippen molar-refractivity contribution < 1.29 is 8.78 Å². The van der Waals surface area contributed by atoms with Crippen LogP contribution in [-0.2, 0) is 0 Å². The van der Waals surface area contributed by atoms with Crippen LogP contribution in [0.15, 0.2) is 42.5 Å². The van der Waals surface area contributed by atoms with E-state index in [-0.39, 0.29) is 11.1 Å². The molecule has 1 heterocycles. The zero-order valence-electron chi connectivity index (χ0n) is 10.7. The Kier molecular flexibility index (Phi) is 3.46. The van der Waals surface area contributed by atoms with Crippen LogP contribution < -0.4 is 0 Å². The summed E-state index contributed by atoms with van der Waals surface area (Å²) in [6, 6.07) is 13.0. The van der Waals surface area contributed by atoms with Gasteiger partial charge >= 0.3 is 0 Å². The second kappa shape index (κ2) is 5.43. The highest BCUT2D eigenvalue weighted by atomic mass is 32.1. The van der Waals surface area contributed by atoms with E-state index in [0.717, 1.165) is 22.3 Å². The SMILES string of the molecule is N#CC(=Cc1c(F)cccc1F)c1nc2ccccc2s1. The number of nitriles is 1. The highest BCUT2D eigenvalue weighted by Gasteiger charge is 2.12. The summed E-state index contributed by atoms with van der Waals surface area (Å²) in [5.74, 6) is -1.41. The van der Waals surface area contributed by atoms with Gasteiger partial charge in [0.2, 0.25) is 0 Å². The fourth-order valence-electron chi connectivity index (χ4n) is 1.92. The van der Waals surface area contributed by atoms with Gasteiger partial charge < -0.3 is 0 Å². The Morgan fingerprint density at radius 3 is 2.48 bits per heavy atom. The largest absolute Gasteiger partial charge is 0.235 e. The summed E-state index contributed by atoms with van der Waals surface area (Å²) in [5, 5.41) is 9.70. The van der Waals surface area contributed by atoms with Gasteiger partial charge in [-0.1, -0.05) is 18.2 Å². The first-order valence-corrected chi connectivity index (χ1v) is 6.92. The number of aromatic nitrogens is 1. The normalized spacial score (nSPS) is 11.6. The molecule has 3 rings (SSSR count). The highest BCUT2D eigenvalue weighted by Crippen LogP contribution is 2.28. The van der Waals surface area contributed by atoms with Gasteiger partial charge in [-0.05, 0) is 30.3 Å². The molecule has 2 aromatic carbocycles. The zero-order valence-corrected chi connectivity index (χ0v) is 11.5. The van der Waals surface area contributed by atoms with Gasteiger partial charge in [-0.25, -0.2) is 13.8 Å². The first-order valence-electron chi connectivity index (χ1n) is 6.11. The van der Waals surface area contributed by atoms with E-state index < -0.39 is 11.6 Å². The summed E-state index contributed by atoms with van der Waals surface area (Å²) in [6.45, 7) is 0. The van der Waals surface area contributed by atoms with Crippen LogP contribution in [0.3, 0.4) is 0 Å². The molecule has 0 bridgehead atoms. The smallest absolute Gasteiger partial charge is 0.135 e. The minimum absolute atomic E-state index is 0.139. The first kappa shape index (κ1) is 13.4. The molecule has 5 heteroatoms. The lowest BCUT2D eigenvalue weighted by molar-refractivity contribution is 0.579. The van der Waals surface area contributed by atoms with E-state index in [2.05, 4.69) is 4.98 Å². The number of nitrogens with zero attached hydrogens (tertiary/aromatic N) is 2. The molecule has 2 nitrogen and oxygen atoms in total. The monoisotopic (exact) mass is 298 g/mol. The van der Waals surface area contributed by atoms with E-state index in [9.17, 15) is 14.0 Å². The van der Waals surface area contributed by atoms with Crippen molar-refractivity contribution in [3.63, 3.8) is 0 Å². The summed E-state index contributed by atoms with van der Waals surface area (Å²) in [7, 11) is 0. The molecule has 0 saturated carbocycles. The van der Waals surface area contributed by atoms with Crippen LogP contribution in [0.1, 0.15) is 10.6 Å². The summed E-state index contributed by atoms with van der Waals surface area (Å²) < 4.78 is 28.2. The molecule has 0 aliphatic carbocycles. The van der Waals surface area contributed by atoms with Crippen molar-refractivity contribution >= 4 is 33.2 Å². The third-order valence-electron chi connectivity index (χ3n) is 2.93. The maximum atomic E-state index is 13.7. The molecular weight excluding hydrogens is 290 g/mol. The predicted molar refractivity (Wildman–Crippen MR) is 79.5 cm³/mol. The third-order valence-corrected chi connectivity index (χ3v) is 4.00. The molecule has 3 aromatic rings. The van der Waals surface area contributed by atoms with Crippen LogP contribution >= 0.6 is 11.3 Å². The number of hydrogen-bond donors (Lipinski definition) is 0. The molecule has 0 aliphatic heterocycles. The van der Waals surface area contributed by atoms with Crippen LogP contribution in [-0.4, -0.2) is 4.98 Å². The lowest BCUT2D eigenvalue weighted by Crippen LogP contribution is -1.89. The lowest BCUT2D eigenvalue weighted by Gasteiger charge is -1.99. The number of para-hydroxylation sites is 1. The van der Waals surface area contributed by atoms with Gasteiger partial charge in [-0.2, -0.15) is 5.26 Å². The van der Waals surface area contributed by atoms with E-state index in [1.54, 1.807) is 0 Å². The molecule has 21 heavy (non-hydrogen) atoms. The molecule has 0 atom stereocenters. The van der Waals surface area contributed by atoms with Gasteiger partial charge in [-0.15, -0.1) is 11.3 Å². The second-order valence-electron chi connectivity index (χ2n) is 4.29. The van der Waals surface area contributed by atoms with Gasteiger partial charge in [0.15, 0.2) is 0 Å². The van der Waals surface area contributed by atoms with Gasteiger partial charge in [-0.3, -0.25) is 0 Å². The minimum Gasteiger partial charge on any atom is -0.235 e. The molecule has 0 unspecified atom stereocenters. The molecule has 1 aromatic heterocycles. The van der Waals surface area contributed by atoms with Gasteiger partial charge in [0.25, 0.3) is 0 Å². The number of allylic oxidation sites excluding steroid dienone is 1. The van der Waals surface area contributed by atoms with Crippen molar-refractivity contribution in [1.29, 1.82) is 5.26 Å². The Morgan fingerprint density at radius 2 is 1.81 bits per heavy atom. The van der Waals surface area contributed by atoms with Gasteiger partial charge in [0.05, 0.1) is 15.8 Å². The van der Waals surface area contributed by atoms with Crippen molar-refractivity contribution in [3.8, 4) is 6.07 Å². The van der Waals surface area contributed by atoms with Crippen LogP contribution in [0.5, 0.6) is 0 Å². The summed E-state index contributed by atoms with van der Waals surface area (Å²) in [5.41, 5.74) is 0.668. The predicted octanol–water partition coefficient (Wildman–Crippen LogP) is 4.64. The Hall–Kier alpha value is -2.58. The van der Waals surface area contributed by atoms with E-state index in [0.29, 0.717) is 5.01 Å². The van der Waals surface area contributed by atoms with Crippen molar-refractivity contribution in [2.45, 2.75) is 0 Å². The Labute approximate surface area is 123 Å². The molecule has 0 N–H and O–H groups in total. The van der Waals surface area contributed by atoms with Crippen LogP contribution in [0, 0.1) is 23.0 Å². The van der Waals surface area contributed by atoms with E-state index >= 15 is 0 Å². The third kappa shape index (κ3) is 2.54. The number of rotatable bonds is 2. The first-order chi connectivity index (χ1) is 10.2. The zero-order chi connectivity index (χ0) is 14.8. The molecule has 0 aliphatic rings. The van der Waals surface area contributed by atoms with Crippen molar-refractivity contribution in [2.24, 2.45) is 0 Å². The fourth-order valence-corrected chi connectivity index (χ4v) is 2.85. The van der Waals surface area contributed by atoms with Crippen LogP contribution in [0.25, 0.3) is 21.9 Å². The Morgan fingerprint density at radius 1 is 1.10 bits per heavy atom. The molecule has 0 fully saturated rings. The van der Waals surface area contributed by atoms with Gasteiger partial charge in [0, 0.05) is 5.56 Å². The number of halogens is 2. The average Bonchev–Trinajstić information content (AvgIpc) is 2.90.